The first-order chi connectivity index (χ1) is 14.0. The molecule has 2 aromatic carbocycles. The fraction of sp³-hybridized carbons (Fsp3) is 0.200. The van der Waals surface area contributed by atoms with Gasteiger partial charge in [-0.2, -0.15) is 10.3 Å². The molecule has 0 bridgehead atoms. The minimum atomic E-state index is -0.850. The fourth-order valence-electron chi connectivity index (χ4n) is 2.30. The minimum absolute atomic E-state index is 0.0302. The van der Waals surface area contributed by atoms with E-state index in [4.69, 9.17) is 14.7 Å². The summed E-state index contributed by atoms with van der Waals surface area (Å²) in [6, 6.07) is 11.2. The van der Waals surface area contributed by atoms with Crippen molar-refractivity contribution in [1.29, 1.82) is 5.26 Å². The number of carbonyl (C=O) groups excluding carboxylic acids is 1. The lowest BCUT2D eigenvalue weighted by atomic mass is 10.1. The van der Waals surface area contributed by atoms with Gasteiger partial charge < -0.3 is 14.2 Å². The van der Waals surface area contributed by atoms with Gasteiger partial charge in [0.05, 0.1) is 38.6 Å². The second-order valence-corrected chi connectivity index (χ2v) is 6.20. The molecular weight excluding hydrogens is 397 g/mol. The lowest BCUT2D eigenvalue weighted by molar-refractivity contribution is 0.183. The molecule has 0 aliphatic carbocycles. The molecular formula is C20H18FN3O4S. The van der Waals surface area contributed by atoms with E-state index in [0.29, 0.717) is 17.0 Å². The van der Waals surface area contributed by atoms with Crippen molar-refractivity contribution in [3.63, 3.8) is 0 Å². The van der Waals surface area contributed by atoms with Gasteiger partial charge in [0.15, 0.2) is 11.6 Å². The zero-order valence-electron chi connectivity index (χ0n) is 16.2. The van der Waals surface area contributed by atoms with Crippen LogP contribution in [-0.2, 0) is 4.74 Å². The minimum Gasteiger partial charge on any atom is -0.497 e. The number of thioether (sulfide) groups is 1. The molecule has 2 aromatic rings. The summed E-state index contributed by atoms with van der Waals surface area (Å²) in [5, 5.41) is 9.09. The van der Waals surface area contributed by atoms with E-state index in [9.17, 15) is 4.79 Å². The van der Waals surface area contributed by atoms with E-state index in [1.807, 2.05) is 6.07 Å². The molecule has 0 fully saturated rings. The molecule has 150 valence electrons. The van der Waals surface area contributed by atoms with E-state index in [0.717, 1.165) is 11.8 Å². The van der Waals surface area contributed by atoms with Crippen molar-refractivity contribution in [3.05, 3.63) is 53.3 Å². The Balaban J connectivity index is 2.76. The maximum Gasteiger partial charge on any atom is 0.434 e. The number of nitriles is 1. The third-order valence-electron chi connectivity index (χ3n) is 3.72. The molecule has 0 saturated carbocycles. The third-order valence-corrected chi connectivity index (χ3v) is 4.40. The smallest absolute Gasteiger partial charge is 0.434 e. The van der Waals surface area contributed by atoms with Crippen LogP contribution in [0.1, 0.15) is 11.1 Å². The number of rotatable bonds is 5. The average molecular weight is 415 g/mol. The molecule has 0 saturated heterocycles. The number of halogens is 1. The Bertz CT molecular complexity index is 998. The first kappa shape index (κ1) is 21.9. The summed E-state index contributed by atoms with van der Waals surface area (Å²) < 4.78 is 30.0. The van der Waals surface area contributed by atoms with Gasteiger partial charge in [-0.15, -0.1) is 11.8 Å². The number of benzene rings is 2. The van der Waals surface area contributed by atoms with Gasteiger partial charge in [-0.3, -0.25) is 0 Å². The molecule has 0 spiro atoms. The van der Waals surface area contributed by atoms with Crippen molar-refractivity contribution >= 4 is 34.3 Å². The van der Waals surface area contributed by atoms with Gasteiger partial charge in [-0.1, -0.05) is 0 Å². The maximum atomic E-state index is 15.1. The Kier molecular flexibility index (Phi) is 7.74. The van der Waals surface area contributed by atoms with Gasteiger partial charge in [-0.25, -0.2) is 14.2 Å². The standard InChI is InChI=1S/C20H18FN3O4S/c1-26-14-9-15(17(21)16(10-14)27-2)18(19(29-4)24-20(25)28-3)23-13-7-5-12(11-22)6-8-13/h5-10H,1-4H3/b23-18+,24-19-. The molecule has 29 heavy (non-hydrogen) atoms. The summed E-state index contributed by atoms with van der Waals surface area (Å²) in [5.74, 6) is -0.401. The zero-order chi connectivity index (χ0) is 21.4. The highest BCUT2D eigenvalue weighted by Crippen LogP contribution is 2.30. The molecule has 9 heteroatoms. The Labute approximate surface area is 171 Å². The van der Waals surface area contributed by atoms with Crippen molar-refractivity contribution < 1.29 is 23.4 Å². The van der Waals surface area contributed by atoms with Crippen molar-refractivity contribution in [2.45, 2.75) is 0 Å². The normalized spacial score (nSPS) is 11.6. The summed E-state index contributed by atoms with van der Waals surface area (Å²) in [7, 11) is 3.96. The van der Waals surface area contributed by atoms with E-state index < -0.39 is 11.9 Å². The van der Waals surface area contributed by atoms with Crippen LogP contribution in [0.15, 0.2) is 46.4 Å². The fourth-order valence-corrected chi connectivity index (χ4v) is 2.81. The van der Waals surface area contributed by atoms with Crippen LogP contribution < -0.4 is 9.47 Å². The van der Waals surface area contributed by atoms with E-state index in [1.54, 1.807) is 30.5 Å². The van der Waals surface area contributed by atoms with Gasteiger partial charge in [0.1, 0.15) is 16.5 Å². The van der Waals surface area contributed by atoms with E-state index in [2.05, 4.69) is 14.7 Å². The number of hydrogen-bond donors (Lipinski definition) is 0. The zero-order valence-corrected chi connectivity index (χ0v) is 17.0. The summed E-state index contributed by atoms with van der Waals surface area (Å²) >= 11 is 1.10. The van der Waals surface area contributed by atoms with Gasteiger partial charge in [0, 0.05) is 11.6 Å². The molecule has 2 rings (SSSR count). The highest BCUT2D eigenvalue weighted by Gasteiger charge is 2.22. The van der Waals surface area contributed by atoms with Crippen LogP contribution in [0, 0.1) is 17.1 Å². The number of hydrogen-bond acceptors (Lipinski definition) is 7. The molecule has 0 radical (unpaired) electrons. The van der Waals surface area contributed by atoms with Crippen LogP contribution in [0.3, 0.4) is 0 Å². The second kappa shape index (κ2) is 10.2. The van der Waals surface area contributed by atoms with E-state index in [1.165, 1.54) is 33.5 Å². The summed E-state index contributed by atoms with van der Waals surface area (Å²) in [4.78, 5) is 20.1. The molecule has 0 heterocycles. The highest BCUT2D eigenvalue weighted by molar-refractivity contribution is 8.15. The Morgan fingerprint density at radius 1 is 1.14 bits per heavy atom. The van der Waals surface area contributed by atoms with Crippen molar-refractivity contribution in [1.82, 2.24) is 0 Å². The summed E-state index contributed by atoms with van der Waals surface area (Å²) in [6.45, 7) is 0. The first-order valence-corrected chi connectivity index (χ1v) is 9.41. The lowest BCUT2D eigenvalue weighted by Crippen LogP contribution is -2.16. The predicted octanol–water partition coefficient (Wildman–Crippen LogP) is 4.36. The van der Waals surface area contributed by atoms with Crippen molar-refractivity contribution in [2.24, 2.45) is 9.98 Å². The Morgan fingerprint density at radius 3 is 2.34 bits per heavy atom. The molecule has 1 amide bonds. The molecule has 0 aliphatic rings. The lowest BCUT2D eigenvalue weighted by Gasteiger charge is -2.13. The van der Waals surface area contributed by atoms with Crippen molar-refractivity contribution in [2.75, 3.05) is 27.6 Å². The van der Waals surface area contributed by atoms with Crippen molar-refractivity contribution in [3.8, 4) is 17.6 Å². The van der Waals surface area contributed by atoms with Crippen LogP contribution in [0.4, 0.5) is 14.9 Å². The SMILES string of the molecule is COC(=O)/N=C(SC)/C(=N/c1ccc(C#N)cc1)c1cc(OC)cc(OC)c1F. The quantitative estimate of drug-likeness (QED) is 0.532. The molecule has 0 atom stereocenters. The number of ether oxygens (including phenoxy) is 3. The third kappa shape index (κ3) is 5.33. The molecule has 7 nitrogen and oxygen atoms in total. The van der Waals surface area contributed by atoms with Gasteiger partial charge in [0.2, 0.25) is 0 Å². The number of carbonyl (C=O) groups is 1. The second-order valence-electron chi connectivity index (χ2n) is 5.40. The highest BCUT2D eigenvalue weighted by atomic mass is 32.2. The van der Waals surface area contributed by atoms with Crippen LogP contribution in [-0.4, -0.2) is 44.4 Å². The topological polar surface area (TPSA) is 93.3 Å². The number of nitrogens with zero attached hydrogens (tertiary/aromatic N) is 3. The Morgan fingerprint density at radius 2 is 1.83 bits per heavy atom. The van der Waals surface area contributed by atoms with E-state index >= 15 is 4.39 Å². The van der Waals surface area contributed by atoms with Crippen LogP contribution in [0.2, 0.25) is 0 Å². The largest absolute Gasteiger partial charge is 0.497 e. The van der Waals surface area contributed by atoms with Crippen LogP contribution in [0.5, 0.6) is 11.5 Å². The first-order valence-electron chi connectivity index (χ1n) is 8.19. The number of amides is 1. The molecule has 0 N–H and O–H groups in total. The van der Waals surface area contributed by atoms with Crippen LogP contribution in [0.25, 0.3) is 0 Å². The molecule has 0 unspecified atom stereocenters. The maximum absolute atomic E-state index is 15.1. The Hall–Kier alpha value is -3.38. The molecule has 0 aliphatic heterocycles. The predicted molar refractivity (Wildman–Crippen MR) is 110 cm³/mol. The summed E-state index contributed by atoms with van der Waals surface area (Å²) in [6.07, 6.45) is 0.822. The summed E-state index contributed by atoms with van der Waals surface area (Å²) in [5.41, 5.74) is 1.00. The van der Waals surface area contributed by atoms with Gasteiger partial charge in [-0.05, 0) is 36.6 Å². The van der Waals surface area contributed by atoms with E-state index in [-0.39, 0.29) is 22.1 Å². The van der Waals surface area contributed by atoms with Crippen LogP contribution >= 0.6 is 11.8 Å². The molecule has 0 aromatic heterocycles. The average Bonchev–Trinajstić information content (AvgIpc) is 2.76. The van der Waals surface area contributed by atoms with Gasteiger partial charge >= 0.3 is 6.09 Å². The monoisotopic (exact) mass is 415 g/mol. The number of methoxy groups -OCH3 is 3. The number of aliphatic imine (C=N–C) groups is 2. The van der Waals surface area contributed by atoms with Gasteiger partial charge in [0.25, 0.3) is 0 Å².